The van der Waals surface area contributed by atoms with Crippen molar-refractivity contribution >= 4 is 21.9 Å². The first kappa shape index (κ1) is 12.6. The zero-order chi connectivity index (χ0) is 13.5. The number of carboxylic acids is 1. The molecule has 0 spiro atoms. The summed E-state index contributed by atoms with van der Waals surface area (Å²) in [4.78, 5) is 10.5. The Labute approximate surface area is 104 Å². The second-order valence-electron chi connectivity index (χ2n) is 3.77. The molecular weight excluding hydrogens is 258 g/mol. The molecular formula is C11H11NO5S. The van der Waals surface area contributed by atoms with E-state index in [0.29, 0.717) is 11.3 Å². The molecule has 2 rings (SSSR count). The Morgan fingerprint density at radius 1 is 1.44 bits per heavy atom. The van der Waals surface area contributed by atoms with Crippen molar-refractivity contribution in [2.45, 2.75) is 10.9 Å². The summed E-state index contributed by atoms with van der Waals surface area (Å²) in [5.41, 5.74) is 5.76. The summed E-state index contributed by atoms with van der Waals surface area (Å²) in [7, 11) is -2.36. The normalized spacial score (nSPS) is 17.8. The summed E-state index contributed by atoms with van der Waals surface area (Å²) in [6.45, 7) is 0. The zero-order valence-electron chi connectivity index (χ0n) is 9.45. The molecule has 0 fully saturated rings. The van der Waals surface area contributed by atoms with Gasteiger partial charge in [0, 0.05) is 0 Å². The minimum atomic E-state index is -3.82. The predicted octanol–water partition coefficient (Wildman–Crippen LogP) is 0.235. The van der Waals surface area contributed by atoms with Crippen LogP contribution in [0.15, 0.2) is 28.0 Å². The molecule has 0 amide bonds. The molecule has 1 aromatic rings. The molecule has 1 heterocycles. The molecule has 1 unspecified atom stereocenters. The Balaban J connectivity index is 2.58. The number of hydrogen-bond donors (Lipinski definition) is 2. The predicted molar refractivity (Wildman–Crippen MR) is 63.8 cm³/mol. The highest BCUT2D eigenvalue weighted by Gasteiger charge is 2.36. The van der Waals surface area contributed by atoms with Crippen molar-refractivity contribution in [2.75, 3.05) is 7.11 Å². The fourth-order valence-electron chi connectivity index (χ4n) is 1.75. The highest BCUT2D eigenvalue weighted by molar-refractivity contribution is 7.96. The van der Waals surface area contributed by atoms with Gasteiger partial charge in [-0.15, -0.1) is 0 Å². The number of carbonyl (C=O) groups is 1. The van der Waals surface area contributed by atoms with E-state index in [4.69, 9.17) is 15.6 Å². The third-order valence-corrected chi connectivity index (χ3v) is 4.63. The maximum atomic E-state index is 12.1. The monoisotopic (exact) mass is 269 g/mol. The van der Waals surface area contributed by atoms with Gasteiger partial charge in [-0.3, -0.25) is 4.79 Å². The van der Waals surface area contributed by atoms with Gasteiger partial charge in [-0.1, -0.05) is 0 Å². The van der Waals surface area contributed by atoms with Crippen LogP contribution in [0.5, 0.6) is 5.75 Å². The van der Waals surface area contributed by atoms with Crippen molar-refractivity contribution in [2.24, 2.45) is 5.73 Å². The minimum absolute atomic E-state index is 0.0509. The van der Waals surface area contributed by atoms with Crippen LogP contribution in [-0.2, 0) is 14.6 Å². The molecule has 0 bridgehead atoms. The van der Waals surface area contributed by atoms with Crippen LogP contribution >= 0.6 is 0 Å². The second-order valence-corrected chi connectivity index (χ2v) is 5.69. The number of carboxylic acid groups (broad SMARTS) is 1. The number of aliphatic carboxylic acids is 1. The fraction of sp³-hybridized carbons (Fsp3) is 0.182. The number of benzene rings is 1. The number of fused-ring (bicyclic) bond motifs is 1. The van der Waals surface area contributed by atoms with Crippen LogP contribution in [0.3, 0.4) is 0 Å². The molecule has 0 radical (unpaired) electrons. The maximum absolute atomic E-state index is 12.1. The van der Waals surface area contributed by atoms with E-state index >= 15 is 0 Å². The summed E-state index contributed by atoms with van der Waals surface area (Å²) in [6.07, 6.45) is 1.27. The van der Waals surface area contributed by atoms with E-state index < -0.39 is 21.8 Å². The molecule has 7 heteroatoms. The third-order valence-electron chi connectivity index (χ3n) is 2.69. The number of sulfone groups is 1. The zero-order valence-corrected chi connectivity index (χ0v) is 10.3. The summed E-state index contributed by atoms with van der Waals surface area (Å²) >= 11 is 0. The minimum Gasteiger partial charge on any atom is -0.497 e. The van der Waals surface area contributed by atoms with E-state index in [1.165, 1.54) is 31.4 Å². The number of hydrogen-bond acceptors (Lipinski definition) is 5. The van der Waals surface area contributed by atoms with E-state index in [1.54, 1.807) is 0 Å². The van der Waals surface area contributed by atoms with Gasteiger partial charge in [0.1, 0.15) is 11.8 Å². The van der Waals surface area contributed by atoms with Crippen LogP contribution < -0.4 is 10.5 Å². The first-order chi connectivity index (χ1) is 8.37. The Kier molecular flexibility index (Phi) is 2.88. The largest absolute Gasteiger partial charge is 0.497 e. The standard InChI is InChI=1S/C11H11NO5S/c1-17-7-2-3-8-6(4-7)5-9(18(8,15)16)10(12)11(13)14/h2-5,10H,12H2,1H3,(H,13,14). The van der Waals surface area contributed by atoms with Crippen LogP contribution in [-0.4, -0.2) is 32.6 Å². The lowest BCUT2D eigenvalue weighted by Crippen LogP contribution is -2.34. The Bertz CT molecular complexity index is 647. The average molecular weight is 269 g/mol. The molecule has 6 nitrogen and oxygen atoms in total. The van der Waals surface area contributed by atoms with Crippen molar-refractivity contribution in [3.63, 3.8) is 0 Å². The lowest BCUT2D eigenvalue weighted by Gasteiger charge is -2.07. The van der Waals surface area contributed by atoms with Crippen LogP contribution in [0.1, 0.15) is 5.56 Å². The molecule has 0 aliphatic carbocycles. The van der Waals surface area contributed by atoms with E-state index in [0.717, 1.165) is 0 Å². The molecule has 3 N–H and O–H groups in total. The Hall–Kier alpha value is -1.86. The topological polar surface area (TPSA) is 107 Å². The van der Waals surface area contributed by atoms with Gasteiger partial charge in [0.05, 0.1) is 16.9 Å². The Morgan fingerprint density at radius 2 is 2.11 bits per heavy atom. The van der Waals surface area contributed by atoms with Gasteiger partial charge in [-0.2, -0.15) is 0 Å². The van der Waals surface area contributed by atoms with Crippen LogP contribution in [0.4, 0.5) is 0 Å². The smallest absolute Gasteiger partial charge is 0.325 e. The lowest BCUT2D eigenvalue weighted by molar-refractivity contribution is -0.137. The molecule has 1 aliphatic heterocycles. The molecule has 0 saturated heterocycles. The first-order valence-corrected chi connectivity index (χ1v) is 6.49. The van der Waals surface area contributed by atoms with Gasteiger partial charge in [-0.05, 0) is 29.8 Å². The summed E-state index contributed by atoms with van der Waals surface area (Å²) in [5.74, 6) is -0.894. The van der Waals surface area contributed by atoms with E-state index in [1.807, 2.05) is 0 Å². The van der Waals surface area contributed by atoms with E-state index in [-0.39, 0.29) is 9.80 Å². The van der Waals surface area contributed by atoms with Gasteiger partial charge in [-0.25, -0.2) is 8.42 Å². The van der Waals surface area contributed by atoms with Gasteiger partial charge in [0.25, 0.3) is 0 Å². The SMILES string of the molecule is COc1ccc2c(c1)C=C(C(N)C(=O)O)S2(=O)=O. The first-order valence-electron chi connectivity index (χ1n) is 5.01. The van der Waals surface area contributed by atoms with E-state index in [9.17, 15) is 13.2 Å². The molecule has 96 valence electrons. The van der Waals surface area contributed by atoms with Gasteiger partial charge >= 0.3 is 5.97 Å². The highest BCUT2D eigenvalue weighted by Crippen LogP contribution is 2.35. The molecule has 0 saturated carbocycles. The number of nitrogens with two attached hydrogens (primary N) is 1. The number of rotatable bonds is 3. The van der Waals surface area contributed by atoms with Crippen molar-refractivity contribution in [3.8, 4) is 5.75 Å². The Morgan fingerprint density at radius 3 is 2.67 bits per heavy atom. The number of methoxy groups -OCH3 is 1. The maximum Gasteiger partial charge on any atom is 0.325 e. The van der Waals surface area contributed by atoms with Crippen molar-refractivity contribution in [3.05, 3.63) is 28.7 Å². The molecule has 0 aromatic heterocycles. The average Bonchev–Trinajstić information content (AvgIpc) is 2.59. The van der Waals surface area contributed by atoms with Crippen LogP contribution in [0.2, 0.25) is 0 Å². The summed E-state index contributed by atoms with van der Waals surface area (Å²) in [5, 5.41) is 8.80. The third kappa shape index (κ3) is 1.77. The van der Waals surface area contributed by atoms with E-state index in [2.05, 4.69) is 0 Å². The summed E-state index contributed by atoms with van der Waals surface area (Å²) in [6, 6.07) is 2.84. The van der Waals surface area contributed by atoms with Crippen LogP contribution in [0.25, 0.3) is 6.08 Å². The van der Waals surface area contributed by atoms with Gasteiger partial charge in [0.2, 0.25) is 9.84 Å². The van der Waals surface area contributed by atoms with Crippen molar-refractivity contribution < 1.29 is 23.1 Å². The lowest BCUT2D eigenvalue weighted by atomic mass is 10.1. The van der Waals surface area contributed by atoms with Crippen molar-refractivity contribution in [1.29, 1.82) is 0 Å². The van der Waals surface area contributed by atoms with Gasteiger partial charge in [0.15, 0.2) is 0 Å². The fourth-order valence-corrected chi connectivity index (χ4v) is 3.39. The number of ether oxygens (including phenoxy) is 1. The van der Waals surface area contributed by atoms with Crippen LogP contribution in [0, 0.1) is 0 Å². The quantitative estimate of drug-likeness (QED) is 0.813. The summed E-state index contributed by atoms with van der Waals surface area (Å²) < 4.78 is 29.1. The van der Waals surface area contributed by atoms with Gasteiger partial charge < -0.3 is 15.6 Å². The molecule has 1 atom stereocenters. The molecule has 18 heavy (non-hydrogen) atoms. The van der Waals surface area contributed by atoms with Crippen molar-refractivity contribution in [1.82, 2.24) is 0 Å². The second kappa shape index (κ2) is 4.11. The molecule has 1 aliphatic rings. The molecule has 1 aromatic carbocycles. The highest BCUT2D eigenvalue weighted by atomic mass is 32.2.